The summed E-state index contributed by atoms with van der Waals surface area (Å²) in [7, 11) is 0. The second-order valence-electron chi connectivity index (χ2n) is 5.39. The van der Waals surface area contributed by atoms with Crippen molar-refractivity contribution < 1.29 is 14.7 Å². The molecule has 0 spiro atoms. The highest BCUT2D eigenvalue weighted by Gasteiger charge is 2.25. The Morgan fingerprint density at radius 1 is 1.00 bits per heavy atom. The van der Waals surface area contributed by atoms with E-state index in [-0.39, 0.29) is 0 Å². The molecule has 0 aliphatic heterocycles. The first-order valence-corrected chi connectivity index (χ1v) is 6.65. The number of ketones is 1. The molecule has 0 radical (unpaired) electrons. The predicted octanol–water partition coefficient (Wildman–Crippen LogP) is 3.81. The highest BCUT2D eigenvalue weighted by Crippen LogP contribution is 2.24. The minimum Gasteiger partial charge on any atom is -0.481 e. The summed E-state index contributed by atoms with van der Waals surface area (Å²) >= 11 is 0. The lowest BCUT2D eigenvalue weighted by molar-refractivity contribution is -0.147. The van der Waals surface area contributed by atoms with Crippen LogP contribution in [0.4, 0.5) is 0 Å². The van der Waals surface area contributed by atoms with E-state index in [2.05, 4.69) is 6.92 Å². The Labute approximate surface area is 105 Å². The third-order valence-electron chi connectivity index (χ3n) is 3.15. The van der Waals surface area contributed by atoms with Crippen molar-refractivity contribution in [2.24, 2.45) is 5.41 Å². The Bertz CT molecular complexity index is 244. The molecular formula is C14H26O3. The van der Waals surface area contributed by atoms with Crippen molar-refractivity contribution in [3.8, 4) is 0 Å². The molecule has 1 N–H and O–H groups in total. The van der Waals surface area contributed by atoms with E-state index in [1.807, 2.05) is 0 Å². The Morgan fingerprint density at radius 3 is 2.12 bits per heavy atom. The van der Waals surface area contributed by atoms with Gasteiger partial charge in [0.05, 0.1) is 5.41 Å². The highest BCUT2D eigenvalue weighted by molar-refractivity contribution is 5.78. The maximum Gasteiger partial charge on any atom is 0.309 e. The first kappa shape index (κ1) is 16.1. The van der Waals surface area contributed by atoms with Gasteiger partial charge in [-0.15, -0.1) is 0 Å². The minimum atomic E-state index is -0.739. The normalized spacial score (nSPS) is 11.5. The number of hydrogen-bond acceptors (Lipinski definition) is 2. The lowest BCUT2D eigenvalue weighted by atomic mass is 9.87. The summed E-state index contributed by atoms with van der Waals surface area (Å²) < 4.78 is 0. The molecule has 0 heterocycles. The molecule has 0 saturated heterocycles. The van der Waals surface area contributed by atoms with Crippen LogP contribution in [0, 0.1) is 5.41 Å². The van der Waals surface area contributed by atoms with Gasteiger partial charge in [0.2, 0.25) is 0 Å². The third-order valence-corrected chi connectivity index (χ3v) is 3.15. The van der Waals surface area contributed by atoms with Crippen LogP contribution in [-0.4, -0.2) is 16.9 Å². The van der Waals surface area contributed by atoms with Crippen LogP contribution in [-0.2, 0) is 9.59 Å². The SMILES string of the molecule is CCCCC(=O)CCCCCC(C)(C)C(=O)O. The maximum absolute atomic E-state index is 11.4. The Balaban J connectivity index is 3.53. The largest absolute Gasteiger partial charge is 0.481 e. The van der Waals surface area contributed by atoms with E-state index >= 15 is 0 Å². The van der Waals surface area contributed by atoms with E-state index < -0.39 is 11.4 Å². The lowest BCUT2D eigenvalue weighted by Gasteiger charge is -2.18. The molecular weight excluding hydrogens is 216 g/mol. The Morgan fingerprint density at radius 2 is 1.59 bits per heavy atom. The zero-order valence-electron chi connectivity index (χ0n) is 11.4. The molecule has 0 aromatic carbocycles. The average Bonchev–Trinajstić information content (AvgIpc) is 2.25. The number of carboxylic acid groups (broad SMARTS) is 1. The van der Waals surface area contributed by atoms with Crippen LogP contribution in [0.3, 0.4) is 0 Å². The molecule has 0 bridgehead atoms. The number of rotatable bonds is 10. The van der Waals surface area contributed by atoms with Gasteiger partial charge in [-0.05, 0) is 33.1 Å². The topological polar surface area (TPSA) is 54.4 Å². The number of hydrogen-bond donors (Lipinski definition) is 1. The monoisotopic (exact) mass is 242 g/mol. The molecule has 100 valence electrons. The molecule has 17 heavy (non-hydrogen) atoms. The Kier molecular flexibility index (Phi) is 7.85. The molecule has 0 atom stereocenters. The molecule has 3 nitrogen and oxygen atoms in total. The van der Waals surface area contributed by atoms with Crippen LogP contribution in [0.1, 0.15) is 72.1 Å². The number of unbranched alkanes of at least 4 members (excludes halogenated alkanes) is 3. The number of aliphatic carboxylic acids is 1. The molecule has 0 rings (SSSR count). The van der Waals surface area contributed by atoms with Crippen molar-refractivity contribution in [2.75, 3.05) is 0 Å². The highest BCUT2D eigenvalue weighted by atomic mass is 16.4. The molecule has 0 saturated carbocycles. The summed E-state index contributed by atoms with van der Waals surface area (Å²) in [5, 5.41) is 8.93. The van der Waals surface area contributed by atoms with Gasteiger partial charge in [0.1, 0.15) is 5.78 Å². The van der Waals surface area contributed by atoms with Crippen LogP contribution in [0.25, 0.3) is 0 Å². The van der Waals surface area contributed by atoms with Crippen LogP contribution in [0.2, 0.25) is 0 Å². The first-order valence-electron chi connectivity index (χ1n) is 6.65. The molecule has 0 unspecified atom stereocenters. The number of carboxylic acids is 1. The summed E-state index contributed by atoms with van der Waals surface area (Å²) in [5.74, 6) is -0.388. The van der Waals surface area contributed by atoms with Crippen molar-refractivity contribution >= 4 is 11.8 Å². The van der Waals surface area contributed by atoms with Crippen LogP contribution in [0.15, 0.2) is 0 Å². The zero-order valence-corrected chi connectivity index (χ0v) is 11.4. The van der Waals surface area contributed by atoms with Crippen LogP contribution < -0.4 is 0 Å². The smallest absolute Gasteiger partial charge is 0.309 e. The average molecular weight is 242 g/mol. The number of Topliss-reactive ketones (excluding diaryl/α,β-unsaturated/α-hetero) is 1. The molecule has 3 heteroatoms. The van der Waals surface area contributed by atoms with E-state index in [1.54, 1.807) is 13.8 Å². The third kappa shape index (κ3) is 7.94. The molecule has 0 aliphatic carbocycles. The van der Waals surface area contributed by atoms with E-state index in [1.165, 1.54) is 0 Å². The van der Waals surface area contributed by atoms with Gasteiger partial charge >= 0.3 is 5.97 Å². The standard InChI is InChI=1S/C14H26O3/c1-4-5-9-12(15)10-7-6-8-11-14(2,3)13(16)17/h4-11H2,1-3H3,(H,16,17). The second-order valence-corrected chi connectivity index (χ2v) is 5.39. The van der Waals surface area contributed by atoms with Gasteiger partial charge in [-0.2, -0.15) is 0 Å². The fourth-order valence-corrected chi connectivity index (χ4v) is 1.67. The fraction of sp³-hybridized carbons (Fsp3) is 0.857. The Hall–Kier alpha value is -0.860. The first-order chi connectivity index (χ1) is 7.90. The van der Waals surface area contributed by atoms with Gasteiger partial charge in [-0.3, -0.25) is 9.59 Å². The van der Waals surface area contributed by atoms with E-state index in [0.717, 1.165) is 32.1 Å². The van der Waals surface area contributed by atoms with Crippen molar-refractivity contribution in [2.45, 2.75) is 72.1 Å². The fourth-order valence-electron chi connectivity index (χ4n) is 1.67. The quantitative estimate of drug-likeness (QED) is 0.593. The van der Waals surface area contributed by atoms with Crippen molar-refractivity contribution in [1.82, 2.24) is 0 Å². The van der Waals surface area contributed by atoms with Gasteiger partial charge in [0, 0.05) is 12.8 Å². The summed E-state index contributed by atoms with van der Waals surface area (Å²) in [5.41, 5.74) is -0.633. The van der Waals surface area contributed by atoms with Crippen molar-refractivity contribution in [3.05, 3.63) is 0 Å². The van der Waals surface area contributed by atoms with E-state index in [0.29, 0.717) is 25.0 Å². The summed E-state index contributed by atoms with van der Waals surface area (Å²) in [6, 6.07) is 0. The summed E-state index contributed by atoms with van der Waals surface area (Å²) in [6.07, 6.45) is 6.85. The zero-order chi connectivity index (χ0) is 13.3. The minimum absolute atomic E-state index is 0.351. The van der Waals surface area contributed by atoms with Gasteiger partial charge in [-0.25, -0.2) is 0 Å². The van der Waals surface area contributed by atoms with E-state index in [9.17, 15) is 9.59 Å². The summed E-state index contributed by atoms with van der Waals surface area (Å²) in [6.45, 7) is 5.59. The molecule has 0 aromatic rings. The summed E-state index contributed by atoms with van der Waals surface area (Å²) in [4.78, 5) is 22.2. The van der Waals surface area contributed by atoms with Crippen LogP contribution >= 0.6 is 0 Å². The van der Waals surface area contributed by atoms with Gasteiger partial charge in [0.25, 0.3) is 0 Å². The van der Waals surface area contributed by atoms with E-state index in [4.69, 9.17) is 5.11 Å². The number of carbonyl (C=O) groups is 2. The van der Waals surface area contributed by atoms with Crippen molar-refractivity contribution in [1.29, 1.82) is 0 Å². The molecule has 0 amide bonds. The second kappa shape index (κ2) is 8.26. The van der Waals surface area contributed by atoms with Gasteiger partial charge in [-0.1, -0.05) is 26.2 Å². The molecule has 0 aromatic heterocycles. The van der Waals surface area contributed by atoms with Gasteiger partial charge < -0.3 is 5.11 Å². The molecule has 0 aliphatic rings. The predicted molar refractivity (Wildman–Crippen MR) is 69.0 cm³/mol. The van der Waals surface area contributed by atoms with Gasteiger partial charge in [0.15, 0.2) is 0 Å². The van der Waals surface area contributed by atoms with Crippen molar-refractivity contribution in [3.63, 3.8) is 0 Å². The molecule has 0 fully saturated rings. The maximum atomic E-state index is 11.4. The number of carbonyl (C=O) groups excluding carboxylic acids is 1. The van der Waals surface area contributed by atoms with Crippen LogP contribution in [0.5, 0.6) is 0 Å². The lowest BCUT2D eigenvalue weighted by Crippen LogP contribution is -2.23.